The molecule has 0 aliphatic carbocycles. The second kappa shape index (κ2) is 9.58. The summed E-state index contributed by atoms with van der Waals surface area (Å²) in [6.45, 7) is 4.87. The number of ether oxygens (including phenoxy) is 1. The Kier molecular flexibility index (Phi) is 6.18. The average molecular weight is 472 g/mol. The first-order chi connectivity index (χ1) is 17.1. The molecule has 1 fully saturated rings. The highest BCUT2D eigenvalue weighted by molar-refractivity contribution is 5.95. The molecule has 5 rings (SSSR count). The first-order valence-electron chi connectivity index (χ1n) is 11.5. The average Bonchev–Trinajstić information content (AvgIpc) is 3.26. The van der Waals surface area contributed by atoms with Crippen LogP contribution in [0.15, 0.2) is 73.6 Å². The van der Waals surface area contributed by atoms with Crippen LogP contribution in [0.25, 0.3) is 22.0 Å². The van der Waals surface area contributed by atoms with Gasteiger partial charge in [0.15, 0.2) is 0 Å². The number of benzene rings is 2. The van der Waals surface area contributed by atoms with Gasteiger partial charge in [-0.3, -0.25) is 9.78 Å². The quantitative estimate of drug-likeness (QED) is 0.385. The van der Waals surface area contributed by atoms with Gasteiger partial charge in [-0.15, -0.1) is 0 Å². The van der Waals surface area contributed by atoms with Gasteiger partial charge in [0, 0.05) is 36.6 Å². The van der Waals surface area contributed by atoms with E-state index in [1.54, 1.807) is 29.4 Å². The van der Waals surface area contributed by atoms with Crippen LogP contribution in [-0.4, -0.2) is 45.8 Å². The highest BCUT2D eigenvalue weighted by atomic mass is 19.1. The lowest BCUT2D eigenvalue weighted by atomic mass is 10.0. The van der Waals surface area contributed by atoms with Gasteiger partial charge in [0.25, 0.3) is 0 Å². The van der Waals surface area contributed by atoms with E-state index in [1.165, 1.54) is 19.3 Å². The summed E-state index contributed by atoms with van der Waals surface area (Å²) >= 11 is 0. The van der Waals surface area contributed by atoms with E-state index in [0.29, 0.717) is 30.0 Å². The van der Waals surface area contributed by atoms with Crippen molar-refractivity contribution in [2.24, 2.45) is 0 Å². The topological polar surface area (TPSA) is 72.3 Å². The smallest absolute Gasteiger partial charge is 0.246 e. The van der Waals surface area contributed by atoms with Gasteiger partial charge >= 0.3 is 0 Å². The number of anilines is 2. The first-order valence-corrected chi connectivity index (χ1v) is 11.5. The van der Waals surface area contributed by atoms with Gasteiger partial charge in [0.2, 0.25) is 5.91 Å². The largest absolute Gasteiger partial charge is 0.496 e. The van der Waals surface area contributed by atoms with Crippen LogP contribution in [0, 0.1) is 5.82 Å². The number of fused-ring (bicyclic) bond motifs is 1. The highest BCUT2D eigenvalue weighted by Crippen LogP contribution is 2.38. The third kappa shape index (κ3) is 4.35. The molecule has 0 bridgehead atoms. The van der Waals surface area contributed by atoms with Crippen molar-refractivity contribution in [3.05, 3.63) is 79.4 Å². The molecule has 0 radical (unpaired) electrons. The van der Waals surface area contributed by atoms with Gasteiger partial charge in [-0.2, -0.15) is 5.10 Å². The molecule has 35 heavy (non-hydrogen) atoms. The number of hydrogen-bond acceptors (Lipinski definition) is 5. The fraction of sp³-hybridized carbons (Fsp3) is 0.222. The standard InChI is InChI=1S/C27H26FN5O2/c1-3-25(34)32-15-5-6-20(17-32)33-27(30-19-11-13-29-14-12-19)21-16-18(9-10-23(21)31-33)26-22(28)7-4-8-24(26)35-2/h3-4,7-14,16,20H,1,5-6,15,17H2,2H3,(H,29,30). The maximum Gasteiger partial charge on any atom is 0.246 e. The molecule has 0 saturated carbocycles. The predicted molar refractivity (Wildman–Crippen MR) is 134 cm³/mol. The summed E-state index contributed by atoms with van der Waals surface area (Å²) in [7, 11) is 1.53. The Morgan fingerprint density at radius 3 is 2.83 bits per heavy atom. The number of nitrogens with one attached hydrogen (secondary N) is 1. The zero-order valence-corrected chi connectivity index (χ0v) is 19.4. The van der Waals surface area contributed by atoms with Crippen molar-refractivity contribution < 1.29 is 13.9 Å². The van der Waals surface area contributed by atoms with Crippen LogP contribution in [0.1, 0.15) is 18.9 Å². The number of aromatic nitrogens is 3. The number of carbonyl (C=O) groups excluding carboxylic acids is 1. The van der Waals surface area contributed by atoms with E-state index < -0.39 is 0 Å². The zero-order valence-electron chi connectivity index (χ0n) is 19.4. The summed E-state index contributed by atoms with van der Waals surface area (Å²) in [6.07, 6.45) is 6.53. The number of pyridine rings is 1. The minimum Gasteiger partial charge on any atom is -0.496 e. The Labute approximate surface area is 202 Å². The fourth-order valence-electron chi connectivity index (χ4n) is 4.66. The Morgan fingerprint density at radius 2 is 2.06 bits per heavy atom. The molecule has 1 amide bonds. The maximum absolute atomic E-state index is 14.8. The van der Waals surface area contributed by atoms with Crippen LogP contribution in [0.5, 0.6) is 5.75 Å². The van der Waals surface area contributed by atoms with E-state index in [2.05, 4.69) is 16.9 Å². The molecule has 3 heterocycles. The third-order valence-electron chi connectivity index (χ3n) is 6.35. The van der Waals surface area contributed by atoms with E-state index in [0.717, 1.165) is 35.2 Å². The number of piperidine rings is 1. The summed E-state index contributed by atoms with van der Waals surface area (Å²) in [5.41, 5.74) is 2.72. The number of nitrogens with zero attached hydrogens (tertiary/aromatic N) is 4. The molecule has 1 unspecified atom stereocenters. The van der Waals surface area contributed by atoms with E-state index in [4.69, 9.17) is 9.84 Å². The molecule has 178 valence electrons. The number of amides is 1. The summed E-state index contributed by atoms with van der Waals surface area (Å²) < 4.78 is 22.2. The number of rotatable bonds is 6. The Bertz CT molecular complexity index is 1390. The van der Waals surface area contributed by atoms with Gasteiger partial charge in [-0.05, 0) is 60.9 Å². The van der Waals surface area contributed by atoms with Gasteiger partial charge in [-0.1, -0.05) is 18.7 Å². The molecule has 4 aromatic rings. The lowest BCUT2D eigenvalue weighted by Gasteiger charge is -2.33. The zero-order chi connectivity index (χ0) is 24.4. The molecule has 1 atom stereocenters. The minimum atomic E-state index is -0.356. The molecule has 1 aliphatic heterocycles. The van der Waals surface area contributed by atoms with Crippen molar-refractivity contribution in [1.82, 2.24) is 19.7 Å². The van der Waals surface area contributed by atoms with Crippen molar-refractivity contribution in [2.45, 2.75) is 18.9 Å². The van der Waals surface area contributed by atoms with Crippen molar-refractivity contribution in [1.29, 1.82) is 0 Å². The number of likely N-dealkylation sites (tertiary alicyclic amines) is 1. The van der Waals surface area contributed by atoms with Crippen LogP contribution in [0.2, 0.25) is 0 Å². The molecular weight excluding hydrogens is 445 g/mol. The summed E-state index contributed by atoms with van der Waals surface area (Å²) in [6, 6.07) is 14.2. The predicted octanol–water partition coefficient (Wildman–Crippen LogP) is 5.34. The van der Waals surface area contributed by atoms with Crippen molar-refractivity contribution >= 4 is 28.3 Å². The second-order valence-corrected chi connectivity index (χ2v) is 8.49. The fourth-order valence-corrected chi connectivity index (χ4v) is 4.66. The third-order valence-corrected chi connectivity index (χ3v) is 6.35. The molecule has 8 heteroatoms. The Balaban J connectivity index is 1.64. The SMILES string of the molecule is C=CC(=O)N1CCCC(n2nc3ccc(-c4c(F)cccc4OC)cc3c2Nc2ccncc2)C1. The van der Waals surface area contributed by atoms with Crippen molar-refractivity contribution in [2.75, 3.05) is 25.5 Å². The van der Waals surface area contributed by atoms with Crippen LogP contribution < -0.4 is 10.1 Å². The molecule has 2 aromatic heterocycles. The normalized spacial score (nSPS) is 15.7. The minimum absolute atomic E-state index is 0.0177. The molecule has 1 saturated heterocycles. The molecule has 0 spiro atoms. The second-order valence-electron chi connectivity index (χ2n) is 8.49. The first kappa shape index (κ1) is 22.6. The van der Waals surface area contributed by atoms with E-state index in [-0.39, 0.29) is 17.8 Å². The van der Waals surface area contributed by atoms with Crippen molar-refractivity contribution in [3.8, 4) is 16.9 Å². The number of carbonyl (C=O) groups is 1. The number of hydrogen-bond donors (Lipinski definition) is 1. The Morgan fingerprint density at radius 1 is 1.23 bits per heavy atom. The van der Waals surface area contributed by atoms with Crippen LogP contribution >= 0.6 is 0 Å². The van der Waals surface area contributed by atoms with Crippen LogP contribution in [0.4, 0.5) is 15.9 Å². The number of halogens is 1. The van der Waals surface area contributed by atoms with Crippen LogP contribution in [-0.2, 0) is 4.79 Å². The van der Waals surface area contributed by atoms with E-state index in [1.807, 2.05) is 35.0 Å². The van der Waals surface area contributed by atoms with E-state index in [9.17, 15) is 9.18 Å². The molecule has 7 nitrogen and oxygen atoms in total. The van der Waals surface area contributed by atoms with Gasteiger partial charge < -0.3 is 15.0 Å². The van der Waals surface area contributed by atoms with E-state index >= 15 is 0 Å². The summed E-state index contributed by atoms with van der Waals surface area (Å²) in [5.74, 6) is 0.807. The maximum atomic E-state index is 14.8. The summed E-state index contributed by atoms with van der Waals surface area (Å²) in [5, 5.41) is 9.23. The molecule has 1 aliphatic rings. The monoisotopic (exact) mass is 471 g/mol. The van der Waals surface area contributed by atoms with Crippen molar-refractivity contribution in [3.63, 3.8) is 0 Å². The highest BCUT2D eigenvalue weighted by Gasteiger charge is 2.27. The lowest BCUT2D eigenvalue weighted by Crippen LogP contribution is -2.40. The van der Waals surface area contributed by atoms with Crippen LogP contribution in [0.3, 0.4) is 0 Å². The van der Waals surface area contributed by atoms with Gasteiger partial charge in [0.05, 0.1) is 24.2 Å². The summed E-state index contributed by atoms with van der Waals surface area (Å²) in [4.78, 5) is 18.2. The number of methoxy groups -OCH3 is 1. The van der Waals surface area contributed by atoms with Gasteiger partial charge in [-0.25, -0.2) is 9.07 Å². The van der Waals surface area contributed by atoms with Gasteiger partial charge in [0.1, 0.15) is 17.4 Å². The molecule has 1 N–H and O–H groups in total. The Hall–Kier alpha value is -4.20. The molecule has 2 aromatic carbocycles. The molecular formula is C27H26FN5O2. The lowest BCUT2D eigenvalue weighted by molar-refractivity contribution is -0.127.